The highest BCUT2D eigenvalue weighted by Gasteiger charge is 2.26. The van der Waals surface area contributed by atoms with Crippen molar-refractivity contribution in [2.75, 3.05) is 7.11 Å². The Bertz CT molecular complexity index is 1580. The van der Waals surface area contributed by atoms with Crippen molar-refractivity contribution in [2.45, 2.75) is 31.8 Å². The highest BCUT2D eigenvalue weighted by molar-refractivity contribution is 7.89. The topological polar surface area (TPSA) is 101 Å². The van der Waals surface area contributed by atoms with Gasteiger partial charge in [0.1, 0.15) is 17.3 Å². The fraction of sp³-hybridized carbons (Fsp3) is 0.172. The quantitative estimate of drug-likeness (QED) is 0.196. The number of halogens is 1. The molecular weight excluding hydrogens is 538 g/mol. The number of hydrazone groups is 1. The van der Waals surface area contributed by atoms with E-state index in [-0.39, 0.29) is 23.5 Å². The van der Waals surface area contributed by atoms with Crippen LogP contribution in [0.3, 0.4) is 0 Å². The van der Waals surface area contributed by atoms with Gasteiger partial charge in [-0.2, -0.15) is 9.41 Å². The van der Waals surface area contributed by atoms with Crippen molar-refractivity contribution >= 4 is 33.7 Å². The van der Waals surface area contributed by atoms with E-state index in [0.717, 1.165) is 16.7 Å². The van der Waals surface area contributed by atoms with Gasteiger partial charge in [-0.15, -0.1) is 0 Å². The molecule has 8 nitrogen and oxygen atoms in total. The van der Waals surface area contributed by atoms with Gasteiger partial charge in [0.05, 0.1) is 30.3 Å². The predicted molar refractivity (Wildman–Crippen MR) is 151 cm³/mol. The fourth-order valence-corrected chi connectivity index (χ4v) is 5.34. The third-order valence-corrected chi connectivity index (χ3v) is 7.96. The molecule has 0 bridgehead atoms. The molecule has 10 heteroatoms. The summed E-state index contributed by atoms with van der Waals surface area (Å²) in [7, 11) is -2.37. The van der Waals surface area contributed by atoms with Gasteiger partial charge in [-0.05, 0) is 61.9 Å². The maximum absolute atomic E-state index is 13.6. The Morgan fingerprint density at radius 1 is 0.974 bits per heavy atom. The molecule has 1 N–H and O–H groups in total. The lowest BCUT2D eigenvalue weighted by Gasteiger charge is -2.21. The Kier molecular flexibility index (Phi) is 8.86. The molecule has 1 heterocycles. The number of methoxy groups -OCH3 is 1. The van der Waals surface area contributed by atoms with E-state index in [1.165, 1.54) is 23.7 Å². The largest absolute Gasteiger partial charge is 0.496 e. The minimum absolute atomic E-state index is 0.00397. The van der Waals surface area contributed by atoms with Gasteiger partial charge >= 0.3 is 0 Å². The van der Waals surface area contributed by atoms with Gasteiger partial charge in [-0.1, -0.05) is 59.1 Å². The van der Waals surface area contributed by atoms with Crippen molar-refractivity contribution in [3.8, 4) is 5.75 Å². The van der Waals surface area contributed by atoms with E-state index >= 15 is 0 Å². The number of benzene rings is 3. The van der Waals surface area contributed by atoms with E-state index < -0.39 is 15.9 Å². The van der Waals surface area contributed by atoms with E-state index in [2.05, 4.69) is 10.5 Å². The summed E-state index contributed by atoms with van der Waals surface area (Å²) in [6.07, 6.45) is 1.33. The number of furan rings is 1. The number of ether oxygens (including phenoxy) is 1. The van der Waals surface area contributed by atoms with Gasteiger partial charge in [0.2, 0.25) is 10.0 Å². The summed E-state index contributed by atoms with van der Waals surface area (Å²) >= 11 is 5.99. The zero-order chi connectivity index (χ0) is 28.0. The number of rotatable bonds is 10. The number of amides is 1. The molecule has 0 saturated heterocycles. The van der Waals surface area contributed by atoms with E-state index in [9.17, 15) is 13.2 Å². The SMILES string of the molecule is COc1ccc(Cl)cc1C(=O)N/N=C\c1ccc(CN(Cc2ccc(C)cc2)S(=O)(=O)c2ccc(C)cc2)o1. The Morgan fingerprint density at radius 3 is 2.31 bits per heavy atom. The first-order valence-electron chi connectivity index (χ1n) is 12.0. The fourth-order valence-electron chi connectivity index (χ4n) is 3.78. The first kappa shape index (κ1) is 28.1. The lowest BCUT2D eigenvalue weighted by atomic mass is 10.1. The number of hydrogen-bond acceptors (Lipinski definition) is 6. The molecule has 1 aromatic heterocycles. The van der Waals surface area contributed by atoms with Gasteiger partial charge in [0.15, 0.2) is 0 Å². The number of hydrogen-bond donors (Lipinski definition) is 1. The first-order valence-corrected chi connectivity index (χ1v) is 13.9. The molecule has 0 atom stereocenters. The molecule has 202 valence electrons. The van der Waals surface area contributed by atoms with Gasteiger partial charge in [-0.3, -0.25) is 4.79 Å². The molecule has 4 rings (SSSR count). The average Bonchev–Trinajstić information content (AvgIpc) is 3.36. The molecule has 0 aliphatic rings. The monoisotopic (exact) mass is 565 g/mol. The van der Waals surface area contributed by atoms with Crippen molar-refractivity contribution in [3.63, 3.8) is 0 Å². The van der Waals surface area contributed by atoms with Crippen LogP contribution < -0.4 is 10.2 Å². The zero-order valence-electron chi connectivity index (χ0n) is 21.7. The molecule has 0 radical (unpaired) electrons. The first-order chi connectivity index (χ1) is 18.7. The summed E-state index contributed by atoms with van der Waals surface area (Å²) in [6.45, 7) is 4.05. The summed E-state index contributed by atoms with van der Waals surface area (Å²) in [6, 6.07) is 22.5. The molecular formula is C29H28ClN3O5S. The number of nitrogens with zero attached hydrogens (tertiary/aromatic N) is 2. The lowest BCUT2D eigenvalue weighted by Crippen LogP contribution is -2.30. The van der Waals surface area contributed by atoms with Crippen molar-refractivity contribution in [2.24, 2.45) is 5.10 Å². The van der Waals surface area contributed by atoms with Crippen LogP contribution in [0.2, 0.25) is 5.02 Å². The summed E-state index contributed by atoms with van der Waals surface area (Å²) in [5.41, 5.74) is 5.55. The summed E-state index contributed by atoms with van der Waals surface area (Å²) < 4.78 is 39.5. The standard InChI is InChI=1S/C29H28ClN3O5S/c1-20-4-8-22(9-5-20)18-33(39(35,36)26-13-6-21(2)7-14-26)19-25-12-11-24(38-25)17-31-32-29(34)27-16-23(30)10-15-28(27)37-3/h4-17H,18-19H2,1-3H3,(H,32,34)/b31-17-. The molecule has 39 heavy (non-hydrogen) atoms. The number of nitrogens with one attached hydrogen (secondary N) is 1. The molecule has 4 aromatic rings. The third kappa shape index (κ3) is 7.14. The summed E-state index contributed by atoms with van der Waals surface area (Å²) in [4.78, 5) is 12.7. The minimum Gasteiger partial charge on any atom is -0.496 e. The van der Waals surface area contributed by atoms with Crippen molar-refractivity contribution in [1.82, 2.24) is 9.73 Å². The van der Waals surface area contributed by atoms with Crippen molar-refractivity contribution in [3.05, 3.63) is 118 Å². The number of carbonyl (C=O) groups is 1. The molecule has 0 aliphatic carbocycles. The van der Waals surface area contributed by atoms with Crippen LogP contribution in [0, 0.1) is 13.8 Å². The lowest BCUT2D eigenvalue weighted by molar-refractivity contribution is 0.0952. The average molecular weight is 566 g/mol. The third-order valence-electron chi connectivity index (χ3n) is 5.92. The maximum atomic E-state index is 13.6. The maximum Gasteiger partial charge on any atom is 0.275 e. The summed E-state index contributed by atoms with van der Waals surface area (Å²) in [5, 5.41) is 4.33. The molecule has 0 fully saturated rings. The molecule has 3 aromatic carbocycles. The smallest absolute Gasteiger partial charge is 0.275 e. The van der Waals surface area contributed by atoms with Crippen molar-refractivity contribution in [1.29, 1.82) is 0 Å². The number of sulfonamides is 1. The van der Waals surface area contributed by atoms with Crippen LogP contribution in [0.25, 0.3) is 0 Å². The second kappa shape index (κ2) is 12.3. The van der Waals surface area contributed by atoms with Crippen LogP contribution in [-0.4, -0.2) is 32.0 Å². The van der Waals surface area contributed by atoms with E-state index in [0.29, 0.717) is 22.3 Å². The second-order valence-electron chi connectivity index (χ2n) is 8.92. The Morgan fingerprint density at radius 2 is 1.64 bits per heavy atom. The van der Waals surface area contributed by atoms with Crippen LogP contribution in [-0.2, 0) is 23.1 Å². The van der Waals surface area contributed by atoms with Crippen LogP contribution in [0.15, 0.2) is 93.3 Å². The van der Waals surface area contributed by atoms with Crippen LogP contribution >= 0.6 is 11.6 Å². The van der Waals surface area contributed by atoms with Crippen LogP contribution in [0.4, 0.5) is 0 Å². The van der Waals surface area contributed by atoms with E-state index in [1.54, 1.807) is 48.5 Å². The Hall–Kier alpha value is -3.92. The molecule has 0 unspecified atom stereocenters. The highest BCUT2D eigenvalue weighted by atomic mass is 35.5. The zero-order valence-corrected chi connectivity index (χ0v) is 23.3. The molecule has 0 aliphatic heterocycles. The molecule has 1 amide bonds. The van der Waals surface area contributed by atoms with Crippen LogP contribution in [0.5, 0.6) is 5.75 Å². The van der Waals surface area contributed by atoms with Gasteiger partial charge in [0.25, 0.3) is 5.91 Å². The predicted octanol–water partition coefficient (Wildman–Crippen LogP) is 5.71. The highest BCUT2D eigenvalue weighted by Crippen LogP contribution is 2.24. The van der Waals surface area contributed by atoms with Gasteiger partial charge in [0, 0.05) is 11.6 Å². The van der Waals surface area contributed by atoms with Crippen LogP contribution in [0.1, 0.15) is 38.6 Å². The Balaban J connectivity index is 1.51. The molecule has 0 spiro atoms. The Labute approximate surface area is 232 Å². The summed E-state index contributed by atoms with van der Waals surface area (Å²) in [5.74, 6) is 0.607. The van der Waals surface area contributed by atoms with Crippen molar-refractivity contribution < 1.29 is 22.4 Å². The second-order valence-corrected chi connectivity index (χ2v) is 11.3. The van der Waals surface area contributed by atoms with E-state index in [1.807, 2.05) is 38.1 Å². The minimum atomic E-state index is -3.82. The normalized spacial score (nSPS) is 11.7. The van der Waals surface area contributed by atoms with Gasteiger partial charge in [-0.25, -0.2) is 13.8 Å². The number of aryl methyl sites for hydroxylation is 2. The van der Waals surface area contributed by atoms with Gasteiger partial charge < -0.3 is 9.15 Å². The van der Waals surface area contributed by atoms with E-state index in [4.69, 9.17) is 20.8 Å². The number of carbonyl (C=O) groups excluding carboxylic acids is 1. The molecule has 0 saturated carbocycles.